The van der Waals surface area contributed by atoms with E-state index in [-0.39, 0.29) is 28.7 Å². The first-order valence-electron chi connectivity index (χ1n) is 6.22. The lowest BCUT2D eigenvalue weighted by atomic mass is 9.91. The number of carbonyl (C=O) groups excluding carboxylic acids is 1. The zero-order valence-electron chi connectivity index (χ0n) is 10.8. The van der Waals surface area contributed by atoms with Crippen molar-refractivity contribution < 1.29 is 19.0 Å². The number of para-hydroxylation sites is 1. The van der Waals surface area contributed by atoms with Crippen LogP contribution >= 0.6 is 11.6 Å². The number of carbonyl (C=O) groups is 1. The molecule has 0 aliphatic carbocycles. The number of nitrogens with two attached hydrogens (primary N) is 1. The second-order valence-electron chi connectivity index (χ2n) is 4.78. The first-order valence-corrected chi connectivity index (χ1v) is 6.60. The predicted molar refractivity (Wildman–Crippen MR) is 75.4 cm³/mol. The highest BCUT2D eigenvalue weighted by atomic mass is 35.5. The predicted octanol–water partition coefficient (Wildman–Crippen LogP) is 2.81. The van der Waals surface area contributed by atoms with Gasteiger partial charge in [-0.15, -0.1) is 0 Å². The highest BCUT2D eigenvalue weighted by Gasteiger charge is 2.31. The molecule has 0 radical (unpaired) electrons. The summed E-state index contributed by atoms with van der Waals surface area (Å²) in [4.78, 5) is 11.3. The third-order valence-electron chi connectivity index (χ3n) is 3.51. The third kappa shape index (κ3) is 2.19. The standard InChI is InChI=1S/C15H11ClFNO3/c16-7-4-10-11(6-21-14(10)12(17)5-7)8-2-1-3-9(13(8)19)15(18)20/h1-5,11,19H,6H2,(H2,18,20)/t11-/m0/s1. The molecule has 0 unspecified atom stereocenters. The summed E-state index contributed by atoms with van der Waals surface area (Å²) in [7, 11) is 0. The molecule has 2 aromatic rings. The summed E-state index contributed by atoms with van der Waals surface area (Å²) in [5.74, 6) is -1.79. The van der Waals surface area contributed by atoms with Gasteiger partial charge in [-0.25, -0.2) is 4.39 Å². The van der Waals surface area contributed by atoms with Gasteiger partial charge in [0.15, 0.2) is 11.6 Å². The number of amides is 1. The lowest BCUT2D eigenvalue weighted by Gasteiger charge is -2.13. The minimum Gasteiger partial charge on any atom is -0.507 e. The zero-order valence-corrected chi connectivity index (χ0v) is 11.5. The van der Waals surface area contributed by atoms with Crippen molar-refractivity contribution in [3.63, 3.8) is 0 Å². The minimum atomic E-state index is -0.731. The van der Waals surface area contributed by atoms with E-state index >= 15 is 0 Å². The molecule has 21 heavy (non-hydrogen) atoms. The van der Waals surface area contributed by atoms with Crippen molar-refractivity contribution in [3.05, 3.63) is 57.9 Å². The summed E-state index contributed by atoms with van der Waals surface area (Å²) in [6.45, 7) is 0.155. The van der Waals surface area contributed by atoms with Crippen LogP contribution < -0.4 is 10.5 Å². The monoisotopic (exact) mass is 307 g/mol. The number of hydrogen-bond donors (Lipinski definition) is 2. The van der Waals surface area contributed by atoms with Gasteiger partial charge in [0.25, 0.3) is 5.91 Å². The van der Waals surface area contributed by atoms with Gasteiger partial charge in [0.1, 0.15) is 5.75 Å². The molecular weight excluding hydrogens is 297 g/mol. The van der Waals surface area contributed by atoms with Crippen LogP contribution in [0.25, 0.3) is 0 Å². The minimum absolute atomic E-state index is 0.0171. The fourth-order valence-corrected chi connectivity index (χ4v) is 2.76. The molecule has 0 fully saturated rings. The van der Waals surface area contributed by atoms with Crippen LogP contribution in [0.5, 0.6) is 11.5 Å². The molecule has 4 nitrogen and oxygen atoms in total. The fraction of sp³-hybridized carbons (Fsp3) is 0.133. The molecule has 0 bridgehead atoms. The molecule has 1 aliphatic rings. The lowest BCUT2D eigenvalue weighted by molar-refractivity contribution is 0.0997. The summed E-state index contributed by atoms with van der Waals surface area (Å²) in [5.41, 5.74) is 6.22. The van der Waals surface area contributed by atoms with Crippen LogP contribution in [-0.4, -0.2) is 17.6 Å². The number of hydrogen-bond acceptors (Lipinski definition) is 3. The van der Waals surface area contributed by atoms with Crippen molar-refractivity contribution in [3.8, 4) is 11.5 Å². The molecule has 3 N–H and O–H groups in total. The molecule has 3 rings (SSSR count). The second kappa shape index (κ2) is 4.93. The van der Waals surface area contributed by atoms with Crippen LogP contribution in [0.4, 0.5) is 4.39 Å². The number of primary amides is 1. The quantitative estimate of drug-likeness (QED) is 0.896. The molecule has 6 heteroatoms. The van der Waals surface area contributed by atoms with Gasteiger partial charge in [-0.1, -0.05) is 23.7 Å². The maximum atomic E-state index is 13.8. The first-order chi connectivity index (χ1) is 9.99. The van der Waals surface area contributed by atoms with E-state index in [4.69, 9.17) is 22.1 Å². The van der Waals surface area contributed by atoms with E-state index in [1.165, 1.54) is 12.1 Å². The van der Waals surface area contributed by atoms with Gasteiger partial charge in [-0.3, -0.25) is 4.79 Å². The molecule has 1 heterocycles. The van der Waals surface area contributed by atoms with E-state index in [1.807, 2.05) is 0 Å². The van der Waals surface area contributed by atoms with Gasteiger partial charge in [-0.05, 0) is 18.2 Å². The van der Waals surface area contributed by atoms with Crippen LogP contribution in [0.3, 0.4) is 0 Å². The highest BCUT2D eigenvalue weighted by Crippen LogP contribution is 2.44. The van der Waals surface area contributed by atoms with Crippen LogP contribution in [0.15, 0.2) is 30.3 Å². The van der Waals surface area contributed by atoms with E-state index < -0.39 is 17.6 Å². The average molecular weight is 308 g/mol. The Kier molecular flexibility index (Phi) is 3.22. The van der Waals surface area contributed by atoms with Crippen molar-refractivity contribution >= 4 is 17.5 Å². The maximum absolute atomic E-state index is 13.8. The molecule has 108 valence electrons. The van der Waals surface area contributed by atoms with Crippen LogP contribution in [0.2, 0.25) is 5.02 Å². The molecule has 2 aromatic carbocycles. The van der Waals surface area contributed by atoms with E-state index in [0.29, 0.717) is 11.1 Å². The average Bonchev–Trinajstić information content (AvgIpc) is 2.82. The van der Waals surface area contributed by atoms with E-state index in [0.717, 1.165) is 0 Å². The molecule has 1 aliphatic heterocycles. The lowest BCUT2D eigenvalue weighted by Crippen LogP contribution is -2.13. The van der Waals surface area contributed by atoms with Crippen LogP contribution in [0, 0.1) is 5.82 Å². The molecule has 1 amide bonds. The Labute approximate surface area is 124 Å². The second-order valence-corrected chi connectivity index (χ2v) is 5.21. The van der Waals surface area contributed by atoms with Gasteiger partial charge in [-0.2, -0.15) is 0 Å². The van der Waals surface area contributed by atoms with Gasteiger partial charge < -0.3 is 15.6 Å². The summed E-state index contributed by atoms with van der Waals surface area (Å²) >= 11 is 5.87. The zero-order chi connectivity index (χ0) is 15.1. The number of phenols is 1. The third-order valence-corrected chi connectivity index (χ3v) is 3.73. The topological polar surface area (TPSA) is 72.6 Å². The smallest absolute Gasteiger partial charge is 0.252 e. The number of aromatic hydroxyl groups is 1. The molecule has 0 saturated carbocycles. The summed E-state index contributed by atoms with van der Waals surface area (Å²) in [6.07, 6.45) is 0. The van der Waals surface area contributed by atoms with Crippen molar-refractivity contribution in [1.29, 1.82) is 0 Å². The molecular formula is C15H11ClFNO3. The SMILES string of the molecule is NC(=O)c1cccc([C@@H]2COc3c(F)cc(Cl)cc32)c1O. The van der Waals surface area contributed by atoms with Crippen LogP contribution in [0.1, 0.15) is 27.4 Å². The van der Waals surface area contributed by atoms with Crippen molar-refractivity contribution in [2.24, 2.45) is 5.73 Å². The fourth-order valence-electron chi connectivity index (χ4n) is 2.55. The Balaban J connectivity index is 2.14. The van der Waals surface area contributed by atoms with E-state index in [2.05, 4.69) is 0 Å². The van der Waals surface area contributed by atoms with Crippen LogP contribution in [-0.2, 0) is 0 Å². The van der Waals surface area contributed by atoms with E-state index in [9.17, 15) is 14.3 Å². The number of ether oxygens (including phenoxy) is 1. The Hall–Kier alpha value is -2.27. The Morgan fingerprint density at radius 1 is 1.38 bits per heavy atom. The summed E-state index contributed by atoms with van der Waals surface area (Å²) < 4.78 is 19.1. The van der Waals surface area contributed by atoms with Gasteiger partial charge >= 0.3 is 0 Å². The highest BCUT2D eigenvalue weighted by molar-refractivity contribution is 6.30. The molecule has 0 spiro atoms. The number of fused-ring (bicyclic) bond motifs is 1. The number of rotatable bonds is 2. The van der Waals surface area contributed by atoms with Gasteiger partial charge in [0.05, 0.1) is 18.1 Å². The number of halogens is 2. The van der Waals surface area contributed by atoms with E-state index in [1.54, 1.807) is 18.2 Å². The number of benzene rings is 2. The van der Waals surface area contributed by atoms with Crippen molar-refractivity contribution in [2.45, 2.75) is 5.92 Å². The van der Waals surface area contributed by atoms with Gasteiger partial charge in [0, 0.05) is 16.1 Å². The Morgan fingerprint density at radius 3 is 2.86 bits per heavy atom. The summed E-state index contributed by atoms with van der Waals surface area (Å²) in [5, 5.41) is 10.4. The van der Waals surface area contributed by atoms with Crippen molar-refractivity contribution in [2.75, 3.05) is 6.61 Å². The normalized spacial score (nSPS) is 16.4. The largest absolute Gasteiger partial charge is 0.507 e. The Morgan fingerprint density at radius 2 is 2.14 bits per heavy atom. The molecule has 0 saturated heterocycles. The molecule has 1 atom stereocenters. The van der Waals surface area contributed by atoms with Crippen molar-refractivity contribution in [1.82, 2.24) is 0 Å². The summed E-state index contributed by atoms with van der Waals surface area (Å²) in [6, 6.07) is 7.44. The Bertz CT molecular complexity index is 748. The molecule has 0 aromatic heterocycles. The first kappa shape index (κ1) is 13.7. The maximum Gasteiger partial charge on any atom is 0.252 e. The van der Waals surface area contributed by atoms with Gasteiger partial charge in [0.2, 0.25) is 0 Å².